The predicted molar refractivity (Wildman–Crippen MR) is 91.2 cm³/mol. The van der Waals surface area contributed by atoms with Gasteiger partial charge in [-0.25, -0.2) is 0 Å². The van der Waals surface area contributed by atoms with Gasteiger partial charge in [-0.3, -0.25) is 0 Å². The molecule has 1 atom stereocenters. The molecule has 116 valence electrons. The van der Waals surface area contributed by atoms with Crippen LogP contribution in [-0.2, 0) is 0 Å². The summed E-state index contributed by atoms with van der Waals surface area (Å²) in [5.74, 6) is 1.05. The summed E-state index contributed by atoms with van der Waals surface area (Å²) in [6.45, 7) is 5.50. The second-order valence-corrected chi connectivity index (χ2v) is 8.41. The predicted octanol–water partition coefficient (Wildman–Crippen LogP) is 4.55. The van der Waals surface area contributed by atoms with E-state index in [4.69, 9.17) is 4.74 Å². The maximum atomic E-state index is 6.13. The molecule has 0 bridgehead atoms. The van der Waals surface area contributed by atoms with Crippen LogP contribution in [0.1, 0.15) is 57.6 Å². The van der Waals surface area contributed by atoms with E-state index in [-0.39, 0.29) is 5.60 Å². The van der Waals surface area contributed by atoms with Gasteiger partial charge in [-0.1, -0.05) is 31.0 Å². The van der Waals surface area contributed by atoms with E-state index in [1.54, 1.807) is 0 Å². The molecule has 1 N–H and O–H groups in total. The smallest absolute Gasteiger partial charge is 0.124 e. The molecule has 1 aliphatic heterocycles. The Labute approximate surface area is 133 Å². The van der Waals surface area contributed by atoms with Crippen LogP contribution in [-0.4, -0.2) is 23.1 Å². The van der Waals surface area contributed by atoms with Crippen molar-refractivity contribution >= 4 is 11.8 Å². The van der Waals surface area contributed by atoms with Crippen molar-refractivity contribution in [1.82, 2.24) is 5.32 Å². The highest BCUT2D eigenvalue weighted by molar-refractivity contribution is 8.00. The topological polar surface area (TPSA) is 21.3 Å². The van der Waals surface area contributed by atoms with Crippen LogP contribution in [0, 0.1) is 0 Å². The molecule has 0 spiro atoms. The van der Waals surface area contributed by atoms with Crippen molar-refractivity contribution in [1.29, 1.82) is 0 Å². The maximum absolute atomic E-state index is 6.13. The van der Waals surface area contributed by atoms with E-state index in [0.717, 1.165) is 18.7 Å². The zero-order valence-electron chi connectivity index (χ0n) is 13.4. The highest BCUT2D eigenvalue weighted by Crippen LogP contribution is 2.42. The van der Waals surface area contributed by atoms with Crippen molar-refractivity contribution < 1.29 is 4.74 Å². The molecule has 3 rings (SSSR count). The first-order valence-corrected chi connectivity index (χ1v) is 9.33. The highest BCUT2D eigenvalue weighted by Gasteiger charge is 2.37. The summed E-state index contributed by atoms with van der Waals surface area (Å²) in [5.41, 5.74) is 1.24. The lowest BCUT2D eigenvalue weighted by atomic mass is 9.89. The Bertz CT molecular complexity index is 494. The lowest BCUT2D eigenvalue weighted by Crippen LogP contribution is -2.43. The molecule has 1 aromatic carbocycles. The largest absolute Gasteiger partial charge is 0.487 e. The molecule has 1 fully saturated rings. The van der Waals surface area contributed by atoms with Gasteiger partial charge in [0.25, 0.3) is 0 Å². The molecular formula is C18H27NOS. The molecule has 0 amide bonds. The molecule has 1 aliphatic carbocycles. The van der Waals surface area contributed by atoms with Crippen LogP contribution in [0.15, 0.2) is 24.3 Å². The summed E-state index contributed by atoms with van der Waals surface area (Å²) in [4.78, 5) is 0. The molecule has 0 aromatic heterocycles. The van der Waals surface area contributed by atoms with Crippen LogP contribution >= 0.6 is 11.8 Å². The quantitative estimate of drug-likeness (QED) is 0.881. The summed E-state index contributed by atoms with van der Waals surface area (Å²) in [6, 6.07) is 8.91. The van der Waals surface area contributed by atoms with Crippen molar-refractivity contribution in [3.05, 3.63) is 29.8 Å². The van der Waals surface area contributed by atoms with E-state index in [2.05, 4.69) is 61.4 Å². The second kappa shape index (κ2) is 5.85. The van der Waals surface area contributed by atoms with Gasteiger partial charge in [0.1, 0.15) is 11.4 Å². The van der Waals surface area contributed by atoms with Gasteiger partial charge in [0.05, 0.1) is 0 Å². The summed E-state index contributed by atoms with van der Waals surface area (Å²) >= 11 is 2.06. The Kier molecular flexibility index (Phi) is 4.24. The molecule has 1 unspecified atom stereocenters. The summed E-state index contributed by atoms with van der Waals surface area (Å²) < 4.78 is 6.58. The first kappa shape index (κ1) is 15.2. The van der Waals surface area contributed by atoms with E-state index >= 15 is 0 Å². The monoisotopic (exact) mass is 305 g/mol. The number of nitrogens with one attached hydrogen (secondary N) is 1. The van der Waals surface area contributed by atoms with Crippen molar-refractivity contribution in [2.24, 2.45) is 0 Å². The third kappa shape index (κ3) is 3.24. The van der Waals surface area contributed by atoms with E-state index < -0.39 is 0 Å². The first-order valence-electron chi connectivity index (χ1n) is 8.10. The van der Waals surface area contributed by atoms with Gasteiger partial charge in [-0.15, -0.1) is 0 Å². The van der Waals surface area contributed by atoms with Gasteiger partial charge in [0.2, 0.25) is 0 Å². The summed E-state index contributed by atoms with van der Waals surface area (Å²) in [7, 11) is 0. The normalized spacial score (nSPS) is 26.1. The number of fused-ring (bicyclic) bond motifs is 1. The molecule has 1 aromatic rings. The van der Waals surface area contributed by atoms with Crippen LogP contribution in [0.4, 0.5) is 0 Å². The minimum atomic E-state index is -0.0891. The number of para-hydroxylation sites is 1. The lowest BCUT2D eigenvalue weighted by molar-refractivity contribution is 0.0656. The highest BCUT2D eigenvalue weighted by atomic mass is 32.2. The van der Waals surface area contributed by atoms with Gasteiger partial charge in [0.15, 0.2) is 0 Å². The fraction of sp³-hybridized carbons (Fsp3) is 0.667. The minimum Gasteiger partial charge on any atom is -0.487 e. The molecule has 1 heterocycles. The third-order valence-electron chi connectivity index (χ3n) is 4.99. The van der Waals surface area contributed by atoms with E-state index in [1.807, 2.05) is 0 Å². The van der Waals surface area contributed by atoms with Crippen molar-refractivity contribution in [3.8, 4) is 5.75 Å². The average molecular weight is 305 g/mol. The molecule has 2 aliphatic rings. The van der Waals surface area contributed by atoms with Gasteiger partial charge >= 0.3 is 0 Å². The molecular weight excluding hydrogens is 278 g/mol. The SMILES string of the molecule is CSC1(CNC2CC(C)(C)Oc3ccccc32)CCCC1. The standard InChI is InChI=1S/C18H27NOS/c1-17(2)12-15(14-8-4-5-9-16(14)20-17)19-13-18(21-3)10-6-7-11-18/h4-5,8-9,15,19H,6-7,10-13H2,1-3H3. The lowest BCUT2D eigenvalue weighted by Gasteiger charge is -2.39. The van der Waals surface area contributed by atoms with Crippen LogP contribution in [0.25, 0.3) is 0 Å². The number of rotatable bonds is 4. The zero-order valence-corrected chi connectivity index (χ0v) is 14.3. The summed E-state index contributed by atoms with van der Waals surface area (Å²) in [6.07, 6.45) is 8.80. The van der Waals surface area contributed by atoms with Crippen LogP contribution in [0.5, 0.6) is 5.75 Å². The number of thioether (sulfide) groups is 1. The first-order chi connectivity index (χ1) is 10.0. The van der Waals surface area contributed by atoms with E-state index in [0.29, 0.717) is 10.8 Å². The Morgan fingerprint density at radius 1 is 1.24 bits per heavy atom. The molecule has 0 radical (unpaired) electrons. The minimum absolute atomic E-state index is 0.0891. The Morgan fingerprint density at radius 2 is 1.95 bits per heavy atom. The molecule has 2 nitrogen and oxygen atoms in total. The van der Waals surface area contributed by atoms with Crippen molar-refractivity contribution in [2.75, 3.05) is 12.8 Å². The van der Waals surface area contributed by atoms with Gasteiger partial charge < -0.3 is 10.1 Å². The molecule has 21 heavy (non-hydrogen) atoms. The third-order valence-corrected chi connectivity index (χ3v) is 6.41. The Hall–Kier alpha value is -0.670. The Balaban J connectivity index is 1.75. The van der Waals surface area contributed by atoms with Crippen LogP contribution < -0.4 is 10.1 Å². The number of ether oxygens (including phenoxy) is 1. The molecule has 0 saturated heterocycles. The fourth-order valence-corrected chi connectivity index (χ4v) is 4.69. The number of hydrogen-bond acceptors (Lipinski definition) is 3. The number of benzene rings is 1. The Morgan fingerprint density at radius 3 is 2.67 bits per heavy atom. The zero-order chi connectivity index (χ0) is 14.9. The fourth-order valence-electron chi connectivity index (χ4n) is 3.77. The molecule has 1 saturated carbocycles. The van der Waals surface area contributed by atoms with Crippen molar-refractivity contribution in [3.63, 3.8) is 0 Å². The van der Waals surface area contributed by atoms with Crippen LogP contribution in [0.3, 0.4) is 0 Å². The summed E-state index contributed by atoms with van der Waals surface area (Å²) in [5, 5.41) is 3.87. The van der Waals surface area contributed by atoms with E-state index in [9.17, 15) is 0 Å². The maximum Gasteiger partial charge on any atom is 0.124 e. The number of hydrogen-bond donors (Lipinski definition) is 1. The van der Waals surface area contributed by atoms with Gasteiger partial charge in [-0.2, -0.15) is 11.8 Å². The average Bonchev–Trinajstić information content (AvgIpc) is 2.93. The van der Waals surface area contributed by atoms with Crippen LogP contribution in [0.2, 0.25) is 0 Å². The molecule has 3 heteroatoms. The van der Waals surface area contributed by atoms with E-state index in [1.165, 1.54) is 31.2 Å². The second-order valence-electron chi connectivity index (χ2n) is 7.13. The van der Waals surface area contributed by atoms with Gasteiger partial charge in [0, 0.05) is 29.3 Å². The van der Waals surface area contributed by atoms with Gasteiger partial charge in [-0.05, 0) is 39.0 Å². The van der Waals surface area contributed by atoms with Crippen molar-refractivity contribution in [2.45, 2.75) is 62.3 Å².